The molecule has 7 heteroatoms. The van der Waals surface area contributed by atoms with Crippen molar-refractivity contribution in [3.63, 3.8) is 0 Å². The molecular weight excluding hydrogens is 345 g/mol. The molecule has 17 heavy (non-hydrogen) atoms. The van der Waals surface area contributed by atoms with Crippen LogP contribution in [0, 0.1) is 0 Å². The van der Waals surface area contributed by atoms with Gasteiger partial charge in [0.05, 0.1) is 0 Å². The third-order valence-corrected chi connectivity index (χ3v) is 8.87. The first-order valence-corrected chi connectivity index (χ1v) is 11.3. The third-order valence-electron chi connectivity index (χ3n) is 2.05. The summed E-state index contributed by atoms with van der Waals surface area (Å²) in [5.74, 6) is 9.49. The van der Waals surface area contributed by atoms with Crippen molar-refractivity contribution in [2.45, 2.75) is 4.75 Å². The van der Waals surface area contributed by atoms with Crippen LogP contribution in [0.1, 0.15) is 0 Å². The SMILES string of the molecule is SCCSCCSC(CS)(CS)CSCCS. The Hall–Kier alpha value is 2.45. The van der Waals surface area contributed by atoms with Crippen LogP contribution < -0.4 is 0 Å². The van der Waals surface area contributed by atoms with Crippen LogP contribution in [0.5, 0.6) is 0 Å². The molecule has 0 aromatic rings. The summed E-state index contributed by atoms with van der Waals surface area (Å²) in [5, 5.41) is 0. The number of rotatable bonds is 12. The standard InChI is InChI=1S/C10H22S7/c11-1-3-15-5-6-17-10(7-13,8-14)9-16-4-2-12/h11-14H,1-9H2. The molecule has 0 spiro atoms. The lowest BCUT2D eigenvalue weighted by molar-refractivity contribution is 0.850. The van der Waals surface area contributed by atoms with E-state index in [-0.39, 0.29) is 4.75 Å². The largest absolute Gasteiger partial charge is 0.179 e. The van der Waals surface area contributed by atoms with Gasteiger partial charge in [0.15, 0.2) is 0 Å². The molecule has 0 aliphatic carbocycles. The molecular formula is C10H22S7. The average Bonchev–Trinajstić information content (AvgIpc) is 2.37. The molecule has 0 aromatic heterocycles. The Bertz CT molecular complexity index is 161. The van der Waals surface area contributed by atoms with Gasteiger partial charge in [-0.2, -0.15) is 85.8 Å². The van der Waals surface area contributed by atoms with Crippen LogP contribution in [-0.2, 0) is 0 Å². The minimum absolute atomic E-state index is 0.224. The summed E-state index contributed by atoms with van der Waals surface area (Å²) in [4.78, 5) is 0. The van der Waals surface area contributed by atoms with Crippen molar-refractivity contribution in [2.75, 3.05) is 51.8 Å². The van der Waals surface area contributed by atoms with E-state index in [0.717, 1.165) is 40.3 Å². The summed E-state index contributed by atoms with van der Waals surface area (Å²) in [6.45, 7) is 0. The third kappa shape index (κ3) is 9.91. The zero-order valence-corrected chi connectivity index (χ0v) is 15.9. The fourth-order valence-corrected chi connectivity index (χ4v) is 6.52. The van der Waals surface area contributed by atoms with Crippen molar-refractivity contribution >= 4 is 85.8 Å². The van der Waals surface area contributed by atoms with E-state index in [4.69, 9.17) is 0 Å². The van der Waals surface area contributed by atoms with Crippen molar-refractivity contribution in [1.82, 2.24) is 0 Å². The van der Waals surface area contributed by atoms with Gasteiger partial charge in [-0.3, -0.25) is 0 Å². The first-order chi connectivity index (χ1) is 8.24. The van der Waals surface area contributed by atoms with Gasteiger partial charge < -0.3 is 0 Å². The van der Waals surface area contributed by atoms with Crippen molar-refractivity contribution in [3.05, 3.63) is 0 Å². The van der Waals surface area contributed by atoms with E-state index in [0.29, 0.717) is 0 Å². The Morgan fingerprint density at radius 1 is 0.706 bits per heavy atom. The first-order valence-electron chi connectivity index (χ1n) is 5.47. The average molecular weight is 367 g/mol. The smallest absolute Gasteiger partial charge is 0.0426 e. The van der Waals surface area contributed by atoms with E-state index in [1.165, 1.54) is 11.5 Å². The second kappa shape index (κ2) is 13.4. The normalized spacial score (nSPS) is 12.0. The molecule has 0 aliphatic heterocycles. The fraction of sp³-hybridized carbons (Fsp3) is 1.00. The van der Waals surface area contributed by atoms with Gasteiger partial charge in [0.1, 0.15) is 0 Å². The predicted molar refractivity (Wildman–Crippen MR) is 105 cm³/mol. The Morgan fingerprint density at radius 3 is 1.82 bits per heavy atom. The molecule has 0 radical (unpaired) electrons. The molecule has 0 aliphatic rings. The summed E-state index contributed by atoms with van der Waals surface area (Å²) in [6.07, 6.45) is 0. The van der Waals surface area contributed by atoms with Crippen molar-refractivity contribution in [2.24, 2.45) is 0 Å². The van der Waals surface area contributed by atoms with Crippen LogP contribution in [0.4, 0.5) is 0 Å². The van der Waals surface area contributed by atoms with Gasteiger partial charge in [0, 0.05) is 45.0 Å². The molecule has 0 unspecified atom stereocenters. The van der Waals surface area contributed by atoms with Crippen molar-refractivity contribution in [1.29, 1.82) is 0 Å². The maximum absolute atomic E-state index is 4.51. The Morgan fingerprint density at radius 2 is 1.29 bits per heavy atom. The quantitative estimate of drug-likeness (QED) is 0.308. The van der Waals surface area contributed by atoms with Gasteiger partial charge in [-0.1, -0.05) is 0 Å². The van der Waals surface area contributed by atoms with E-state index < -0.39 is 0 Å². The van der Waals surface area contributed by atoms with Crippen LogP contribution >= 0.6 is 85.8 Å². The number of hydrogen-bond acceptors (Lipinski definition) is 7. The van der Waals surface area contributed by atoms with Crippen LogP contribution in [0.25, 0.3) is 0 Å². The summed E-state index contributed by atoms with van der Waals surface area (Å²) in [6, 6.07) is 0. The van der Waals surface area contributed by atoms with Gasteiger partial charge >= 0.3 is 0 Å². The lowest BCUT2D eigenvalue weighted by Crippen LogP contribution is -2.33. The number of thiol groups is 4. The molecule has 0 atom stereocenters. The van der Waals surface area contributed by atoms with E-state index in [9.17, 15) is 0 Å². The van der Waals surface area contributed by atoms with Gasteiger partial charge in [-0.15, -0.1) is 0 Å². The Labute approximate surface area is 141 Å². The molecule has 0 amide bonds. The highest BCUT2D eigenvalue weighted by Crippen LogP contribution is 2.32. The van der Waals surface area contributed by atoms with Crippen molar-refractivity contribution < 1.29 is 0 Å². The summed E-state index contributed by atoms with van der Waals surface area (Å²) in [7, 11) is 0. The lowest BCUT2D eigenvalue weighted by atomic mass is 10.2. The highest BCUT2D eigenvalue weighted by atomic mass is 32.2. The van der Waals surface area contributed by atoms with E-state index >= 15 is 0 Å². The summed E-state index contributed by atoms with van der Waals surface area (Å²) < 4.78 is 0.224. The zero-order valence-electron chi connectivity index (χ0n) is 9.88. The Kier molecular flexibility index (Phi) is 15.4. The molecule has 0 saturated carbocycles. The minimum atomic E-state index is 0.224. The first kappa shape index (κ1) is 19.4. The van der Waals surface area contributed by atoms with E-state index in [1.807, 2.05) is 35.3 Å². The number of thioether (sulfide) groups is 3. The van der Waals surface area contributed by atoms with Gasteiger partial charge in [0.2, 0.25) is 0 Å². The van der Waals surface area contributed by atoms with Gasteiger partial charge in [-0.25, -0.2) is 0 Å². The van der Waals surface area contributed by atoms with Gasteiger partial charge in [-0.05, 0) is 11.5 Å². The monoisotopic (exact) mass is 366 g/mol. The molecule has 0 nitrogen and oxygen atoms in total. The van der Waals surface area contributed by atoms with E-state index in [1.54, 1.807) is 0 Å². The van der Waals surface area contributed by atoms with Crippen molar-refractivity contribution in [3.8, 4) is 0 Å². The van der Waals surface area contributed by atoms with Crippen LogP contribution in [-0.4, -0.2) is 56.5 Å². The molecule has 0 bridgehead atoms. The second-order valence-electron chi connectivity index (χ2n) is 3.46. The topological polar surface area (TPSA) is 0 Å². The molecule has 0 fully saturated rings. The molecule has 104 valence electrons. The van der Waals surface area contributed by atoms with E-state index in [2.05, 4.69) is 50.5 Å². The molecule has 0 saturated heterocycles. The molecule has 0 heterocycles. The minimum Gasteiger partial charge on any atom is -0.179 e. The predicted octanol–water partition coefficient (Wildman–Crippen LogP) is 3.64. The van der Waals surface area contributed by atoms with Crippen LogP contribution in [0.3, 0.4) is 0 Å². The second-order valence-corrected chi connectivity index (χ2v) is 8.88. The maximum Gasteiger partial charge on any atom is 0.0426 e. The number of hydrogen-bond donors (Lipinski definition) is 4. The fourth-order valence-electron chi connectivity index (χ4n) is 1.08. The van der Waals surface area contributed by atoms with Crippen LogP contribution in [0.2, 0.25) is 0 Å². The Balaban J connectivity index is 3.85. The summed E-state index contributed by atoms with van der Waals surface area (Å²) in [5.41, 5.74) is 0. The lowest BCUT2D eigenvalue weighted by Gasteiger charge is -2.29. The van der Waals surface area contributed by atoms with Crippen LogP contribution in [0.15, 0.2) is 0 Å². The highest BCUT2D eigenvalue weighted by molar-refractivity contribution is 8.06. The molecule has 0 rings (SSSR count). The molecule has 0 aromatic carbocycles. The highest BCUT2D eigenvalue weighted by Gasteiger charge is 2.27. The maximum atomic E-state index is 4.51. The molecule has 0 N–H and O–H groups in total. The van der Waals surface area contributed by atoms with Gasteiger partial charge in [0.25, 0.3) is 0 Å². The zero-order chi connectivity index (χ0) is 13.0. The summed E-state index contributed by atoms with van der Waals surface area (Å²) >= 11 is 23.4.